The largest absolute Gasteiger partial charge is 0.207 e. The molecule has 0 saturated heterocycles. The van der Waals surface area contributed by atoms with Crippen molar-refractivity contribution in [2.24, 2.45) is 0 Å². The van der Waals surface area contributed by atoms with Gasteiger partial charge in [-0.2, -0.15) is 0 Å². The maximum atomic E-state index is 13.3. The molecule has 0 spiro atoms. The van der Waals surface area contributed by atoms with Crippen LogP contribution in [-0.4, -0.2) is 0 Å². The lowest BCUT2D eigenvalue weighted by atomic mass is 10.1. The Morgan fingerprint density at radius 3 is 2.92 bits per heavy atom. The average Bonchev–Trinajstić information content (AvgIpc) is 2.49. The number of fused-ring (bicyclic) bond motifs is 1. The summed E-state index contributed by atoms with van der Waals surface area (Å²) in [7, 11) is 0. The van der Waals surface area contributed by atoms with Crippen LogP contribution in [-0.2, 0) is 6.42 Å². The molecule has 0 unspecified atom stereocenters. The molecule has 0 atom stereocenters. The molecule has 2 rings (SSSR count). The van der Waals surface area contributed by atoms with E-state index in [9.17, 15) is 4.39 Å². The van der Waals surface area contributed by atoms with Gasteiger partial charge in [-0.1, -0.05) is 37.1 Å². The highest BCUT2D eigenvalue weighted by Gasteiger charge is 2.14. The molecule has 13 heavy (non-hydrogen) atoms. The van der Waals surface area contributed by atoms with Gasteiger partial charge in [-0.25, -0.2) is 4.39 Å². The van der Waals surface area contributed by atoms with Gasteiger partial charge in [0.1, 0.15) is 5.82 Å². The Bertz CT molecular complexity index is 350. The summed E-state index contributed by atoms with van der Waals surface area (Å²) in [6.07, 6.45) is 5.17. The Morgan fingerprint density at radius 1 is 1.38 bits per heavy atom. The number of hydrogen-bond acceptors (Lipinski definition) is 0. The van der Waals surface area contributed by atoms with E-state index >= 15 is 0 Å². The van der Waals surface area contributed by atoms with Gasteiger partial charge < -0.3 is 0 Å². The molecule has 0 heterocycles. The second kappa shape index (κ2) is 3.33. The number of hydrogen-bond donors (Lipinski definition) is 0. The van der Waals surface area contributed by atoms with Crippen molar-refractivity contribution < 1.29 is 4.39 Å². The van der Waals surface area contributed by atoms with E-state index < -0.39 is 0 Å². The van der Waals surface area contributed by atoms with Gasteiger partial charge in [-0.3, -0.25) is 0 Å². The van der Waals surface area contributed by atoms with Crippen LogP contribution in [0.1, 0.15) is 30.9 Å². The van der Waals surface area contributed by atoms with Crippen molar-refractivity contribution in [2.75, 3.05) is 0 Å². The highest BCUT2D eigenvalue weighted by Crippen LogP contribution is 2.29. The fraction of sp³-hybridized carbons (Fsp3) is 0.333. The molecule has 0 fully saturated rings. The monoisotopic (exact) mass is 176 g/mol. The molecule has 0 bridgehead atoms. The van der Waals surface area contributed by atoms with Crippen LogP contribution in [0.5, 0.6) is 0 Å². The highest BCUT2D eigenvalue weighted by molar-refractivity contribution is 5.63. The van der Waals surface area contributed by atoms with Crippen molar-refractivity contribution in [3.8, 4) is 0 Å². The van der Waals surface area contributed by atoms with Crippen LogP contribution in [0.2, 0.25) is 0 Å². The predicted molar refractivity (Wildman–Crippen MR) is 53.0 cm³/mol. The molecule has 1 aliphatic rings. The zero-order chi connectivity index (χ0) is 9.26. The Hall–Kier alpha value is -1.11. The quantitative estimate of drug-likeness (QED) is 0.646. The third kappa shape index (κ3) is 1.51. The van der Waals surface area contributed by atoms with Gasteiger partial charge >= 0.3 is 0 Å². The molecule has 1 aromatic carbocycles. The summed E-state index contributed by atoms with van der Waals surface area (Å²) in [6, 6.07) is 5.31. The molecule has 0 aliphatic heterocycles. The summed E-state index contributed by atoms with van der Waals surface area (Å²) in [5.41, 5.74) is 3.32. The third-order valence-electron chi connectivity index (χ3n) is 2.49. The molecular weight excluding hydrogens is 163 g/mol. The first-order valence-corrected chi connectivity index (χ1v) is 4.78. The summed E-state index contributed by atoms with van der Waals surface area (Å²) >= 11 is 0. The Labute approximate surface area is 78.1 Å². The van der Waals surface area contributed by atoms with Gasteiger partial charge in [-0.15, -0.1) is 0 Å². The standard InChI is InChI=1S/C12H13F/c1-2-4-9-7-10-5-3-6-12(13)11(10)8-9/h3,5-7H,2,4,8H2,1H3. The maximum Gasteiger partial charge on any atom is 0.127 e. The van der Waals surface area contributed by atoms with Crippen LogP contribution in [0.15, 0.2) is 23.8 Å². The molecule has 68 valence electrons. The first kappa shape index (κ1) is 8.49. The van der Waals surface area contributed by atoms with Crippen LogP contribution in [0.4, 0.5) is 4.39 Å². The van der Waals surface area contributed by atoms with Crippen LogP contribution < -0.4 is 0 Å². The highest BCUT2D eigenvalue weighted by atomic mass is 19.1. The number of halogens is 1. The van der Waals surface area contributed by atoms with Crippen LogP contribution in [0.25, 0.3) is 6.08 Å². The zero-order valence-corrected chi connectivity index (χ0v) is 7.81. The van der Waals surface area contributed by atoms with Crippen molar-refractivity contribution in [1.29, 1.82) is 0 Å². The summed E-state index contributed by atoms with van der Waals surface area (Å²) in [6.45, 7) is 2.15. The van der Waals surface area contributed by atoms with Gasteiger partial charge in [-0.05, 0) is 30.0 Å². The molecule has 1 aliphatic carbocycles. The topological polar surface area (TPSA) is 0 Å². The van der Waals surface area contributed by atoms with E-state index in [1.807, 2.05) is 6.07 Å². The smallest absolute Gasteiger partial charge is 0.127 e. The van der Waals surface area contributed by atoms with E-state index in [0.717, 1.165) is 30.4 Å². The molecule has 1 aromatic rings. The van der Waals surface area contributed by atoms with E-state index in [4.69, 9.17) is 0 Å². The van der Waals surface area contributed by atoms with Crippen LogP contribution >= 0.6 is 0 Å². The lowest BCUT2D eigenvalue weighted by Crippen LogP contribution is -1.89. The summed E-state index contributed by atoms with van der Waals surface area (Å²) in [5, 5.41) is 0. The SMILES string of the molecule is CCCC1=Cc2cccc(F)c2C1. The molecule has 0 N–H and O–H groups in total. The van der Waals surface area contributed by atoms with Crippen molar-refractivity contribution in [1.82, 2.24) is 0 Å². The molecule has 0 amide bonds. The van der Waals surface area contributed by atoms with Crippen LogP contribution in [0.3, 0.4) is 0 Å². The zero-order valence-electron chi connectivity index (χ0n) is 7.81. The molecule has 0 aromatic heterocycles. The van der Waals surface area contributed by atoms with E-state index in [2.05, 4.69) is 13.0 Å². The van der Waals surface area contributed by atoms with Crippen LogP contribution in [0, 0.1) is 5.82 Å². The number of rotatable bonds is 2. The predicted octanol–water partition coefficient (Wildman–Crippen LogP) is 3.57. The summed E-state index contributed by atoms with van der Waals surface area (Å²) in [5.74, 6) is -0.0557. The summed E-state index contributed by atoms with van der Waals surface area (Å²) in [4.78, 5) is 0. The van der Waals surface area contributed by atoms with Gasteiger partial charge in [0.15, 0.2) is 0 Å². The average molecular weight is 176 g/mol. The van der Waals surface area contributed by atoms with Crippen molar-refractivity contribution in [2.45, 2.75) is 26.2 Å². The lowest BCUT2D eigenvalue weighted by Gasteiger charge is -1.99. The fourth-order valence-electron chi connectivity index (χ4n) is 1.88. The number of allylic oxidation sites excluding steroid dienone is 1. The Kier molecular flexibility index (Phi) is 2.17. The minimum absolute atomic E-state index is 0.0557. The van der Waals surface area contributed by atoms with E-state index in [1.165, 1.54) is 5.57 Å². The van der Waals surface area contributed by atoms with Gasteiger partial charge in [0.25, 0.3) is 0 Å². The first-order chi connectivity index (χ1) is 6.31. The minimum atomic E-state index is -0.0557. The van der Waals surface area contributed by atoms with Gasteiger partial charge in [0.2, 0.25) is 0 Å². The lowest BCUT2D eigenvalue weighted by molar-refractivity contribution is 0.613. The second-order valence-corrected chi connectivity index (χ2v) is 3.54. The minimum Gasteiger partial charge on any atom is -0.207 e. The first-order valence-electron chi connectivity index (χ1n) is 4.78. The Balaban J connectivity index is 2.30. The van der Waals surface area contributed by atoms with Crippen molar-refractivity contribution >= 4 is 6.08 Å². The molecule has 0 nitrogen and oxygen atoms in total. The normalized spacial score (nSPS) is 14.2. The molecule has 0 radical (unpaired) electrons. The number of benzene rings is 1. The van der Waals surface area contributed by atoms with E-state index in [-0.39, 0.29) is 5.82 Å². The van der Waals surface area contributed by atoms with Crippen molar-refractivity contribution in [3.05, 3.63) is 40.7 Å². The van der Waals surface area contributed by atoms with E-state index in [0.29, 0.717) is 0 Å². The fourth-order valence-corrected chi connectivity index (χ4v) is 1.88. The van der Waals surface area contributed by atoms with Crippen molar-refractivity contribution in [3.63, 3.8) is 0 Å². The van der Waals surface area contributed by atoms with Gasteiger partial charge in [0.05, 0.1) is 0 Å². The molecule has 0 saturated carbocycles. The van der Waals surface area contributed by atoms with Gasteiger partial charge in [0, 0.05) is 0 Å². The maximum absolute atomic E-state index is 13.3. The second-order valence-electron chi connectivity index (χ2n) is 3.54. The molecular formula is C12H13F. The Morgan fingerprint density at radius 2 is 2.23 bits per heavy atom. The summed E-state index contributed by atoms with van der Waals surface area (Å²) < 4.78 is 13.3. The molecule has 1 heteroatoms. The van der Waals surface area contributed by atoms with E-state index in [1.54, 1.807) is 12.1 Å². The third-order valence-corrected chi connectivity index (χ3v) is 2.49.